The molecule has 1 amide bonds. The van der Waals surface area contributed by atoms with E-state index in [0.29, 0.717) is 12.0 Å². The summed E-state index contributed by atoms with van der Waals surface area (Å²) < 4.78 is 5.15. The summed E-state index contributed by atoms with van der Waals surface area (Å²) in [6.07, 6.45) is 8.47. The Morgan fingerprint density at radius 1 is 1.11 bits per heavy atom. The molecule has 5 fully saturated rings. The van der Waals surface area contributed by atoms with E-state index in [1.54, 1.807) is 0 Å². The lowest BCUT2D eigenvalue weighted by molar-refractivity contribution is -0.124. The average Bonchev–Trinajstić information content (AvgIpc) is 3.05. The minimum Gasteiger partial charge on any atom is -0.361 e. The van der Waals surface area contributed by atoms with Crippen molar-refractivity contribution < 1.29 is 9.32 Å². The minimum absolute atomic E-state index is 0.219. The first kappa shape index (κ1) is 18.6. The highest BCUT2D eigenvalue weighted by atomic mass is 16.5. The van der Waals surface area contributed by atoms with Crippen LogP contribution in [-0.4, -0.2) is 60.1 Å². The third kappa shape index (κ3) is 3.99. The smallest absolute Gasteiger partial charge is 0.234 e. The van der Waals surface area contributed by atoms with Crippen LogP contribution in [0.4, 0.5) is 0 Å². The second-order valence-corrected chi connectivity index (χ2v) is 10.2. The molecule has 0 atom stereocenters. The van der Waals surface area contributed by atoms with Gasteiger partial charge in [-0.25, -0.2) is 0 Å². The van der Waals surface area contributed by atoms with Gasteiger partial charge >= 0.3 is 0 Å². The highest BCUT2D eigenvalue weighted by molar-refractivity contribution is 5.78. The van der Waals surface area contributed by atoms with E-state index in [-0.39, 0.29) is 5.91 Å². The van der Waals surface area contributed by atoms with Gasteiger partial charge in [0.05, 0.1) is 12.2 Å². The quantitative estimate of drug-likeness (QED) is 0.814. The number of piperazine rings is 1. The monoisotopic (exact) mass is 386 g/mol. The predicted octanol–water partition coefficient (Wildman–Crippen LogP) is 2.43. The van der Waals surface area contributed by atoms with Gasteiger partial charge in [0.15, 0.2) is 0 Å². The molecule has 0 radical (unpaired) electrons. The summed E-state index contributed by atoms with van der Waals surface area (Å²) in [5, 5.41) is 7.41. The number of hydrogen-bond donors (Lipinski definition) is 1. The van der Waals surface area contributed by atoms with E-state index in [4.69, 9.17) is 4.52 Å². The first-order chi connectivity index (χ1) is 13.6. The minimum atomic E-state index is 0.219. The molecule has 0 spiro atoms. The van der Waals surface area contributed by atoms with Crippen molar-refractivity contribution in [1.82, 2.24) is 20.3 Å². The Morgan fingerprint density at radius 2 is 1.71 bits per heavy atom. The van der Waals surface area contributed by atoms with Crippen molar-refractivity contribution in [2.75, 3.05) is 39.3 Å². The standard InChI is InChI=1S/C22H34N4O2/c1-16-6-20(24-28-16)13-25-2-4-26(5-3-25)14-21(27)23-15-22-10-17-7-18(11-22)9-19(8-17)12-22/h6,17-19H,2-5,7-15H2,1H3,(H,23,27). The fourth-order valence-electron chi connectivity index (χ4n) is 6.88. The number of aromatic nitrogens is 1. The number of nitrogens with one attached hydrogen (secondary N) is 1. The van der Waals surface area contributed by atoms with Crippen LogP contribution in [0.3, 0.4) is 0 Å². The molecule has 2 heterocycles. The molecule has 0 unspecified atom stereocenters. The van der Waals surface area contributed by atoms with E-state index in [2.05, 4.69) is 20.3 Å². The van der Waals surface area contributed by atoms with Gasteiger partial charge < -0.3 is 9.84 Å². The predicted molar refractivity (Wildman–Crippen MR) is 107 cm³/mol. The maximum Gasteiger partial charge on any atom is 0.234 e. The molecule has 1 saturated heterocycles. The molecule has 4 aliphatic carbocycles. The summed E-state index contributed by atoms with van der Waals surface area (Å²) in [5.41, 5.74) is 1.43. The molecule has 1 aromatic heterocycles. The molecular formula is C22H34N4O2. The van der Waals surface area contributed by atoms with Crippen LogP contribution < -0.4 is 5.32 Å². The van der Waals surface area contributed by atoms with Crippen molar-refractivity contribution in [3.8, 4) is 0 Å². The number of hydrogen-bond acceptors (Lipinski definition) is 5. The van der Waals surface area contributed by atoms with Crippen molar-refractivity contribution >= 4 is 5.91 Å². The summed E-state index contributed by atoms with van der Waals surface area (Å²) in [5.74, 6) is 3.93. The average molecular weight is 387 g/mol. The number of nitrogens with zero attached hydrogens (tertiary/aromatic N) is 3. The molecule has 1 aliphatic heterocycles. The van der Waals surface area contributed by atoms with E-state index >= 15 is 0 Å². The van der Waals surface area contributed by atoms with Gasteiger partial charge in [0.2, 0.25) is 5.91 Å². The highest BCUT2D eigenvalue weighted by Gasteiger charge is 2.50. The largest absolute Gasteiger partial charge is 0.361 e. The lowest BCUT2D eigenvalue weighted by Gasteiger charge is -2.57. The maximum atomic E-state index is 12.6. The molecule has 4 saturated carbocycles. The zero-order valence-electron chi connectivity index (χ0n) is 17.2. The van der Waals surface area contributed by atoms with Gasteiger partial charge in [-0.05, 0) is 68.6 Å². The third-order valence-electron chi connectivity index (χ3n) is 7.72. The molecule has 0 aromatic carbocycles. The van der Waals surface area contributed by atoms with Crippen molar-refractivity contribution in [3.05, 3.63) is 17.5 Å². The van der Waals surface area contributed by atoms with Crippen LogP contribution in [0.15, 0.2) is 10.6 Å². The molecule has 4 bridgehead atoms. The van der Waals surface area contributed by atoms with E-state index < -0.39 is 0 Å². The Hall–Kier alpha value is -1.40. The van der Waals surface area contributed by atoms with Gasteiger partial charge in [-0.3, -0.25) is 14.6 Å². The Bertz CT molecular complexity index is 672. The number of rotatable bonds is 6. The van der Waals surface area contributed by atoms with Gasteiger partial charge in [0, 0.05) is 45.3 Å². The maximum absolute atomic E-state index is 12.6. The van der Waals surface area contributed by atoms with Crippen LogP contribution in [0, 0.1) is 30.1 Å². The second kappa shape index (κ2) is 7.45. The van der Waals surface area contributed by atoms with Gasteiger partial charge in [-0.1, -0.05) is 5.16 Å². The summed E-state index contributed by atoms with van der Waals surface area (Å²) in [7, 11) is 0. The molecule has 6 heteroatoms. The Kier molecular flexibility index (Phi) is 4.95. The molecule has 6 rings (SSSR count). The zero-order valence-corrected chi connectivity index (χ0v) is 17.2. The Morgan fingerprint density at radius 3 is 2.29 bits per heavy atom. The van der Waals surface area contributed by atoms with Crippen LogP contribution in [0.5, 0.6) is 0 Å². The molecule has 6 nitrogen and oxygen atoms in total. The van der Waals surface area contributed by atoms with Crippen molar-refractivity contribution in [2.24, 2.45) is 23.2 Å². The number of carbonyl (C=O) groups is 1. The number of amides is 1. The van der Waals surface area contributed by atoms with Crippen LogP contribution in [0.25, 0.3) is 0 Å². The molecular weight excluding hydrogens is 352 g/mol. The van der Waals surface area contributed by atoms with Crippen LogP contribution in [0.2, 0.25) is 0 Å². The van der Waals surface area contributed by atoms with Crippen molar-refractivity contribution in [2.45, 2.75) is 52.0 Å². The second-order valence-electron chi connectivity index (χ2n) is 10.2. The molecule has 1 N–H and O–H groups in total. The topological polar surface area (TPSA) is 61.6 Å². The molecule has 5 aliphatic rings. The van der Waals surface area contributed by atoms with E-state index in [1.165, 1.54) is 38.5 Å². The fourth-order valence-corrected chi connectivity index (χ4v) is 6.88. The Balaban J connectivity index is 1.05. The summed E-state index contributed by atoms with van der Waals surface area (Å²) in [4.78, 5) is 17.3. The SMILES string of the molecule is Cc1cc(CN2CCN(CC(=O)NCC34CC5CC(CC(C5)C3)C4)CC2)no1. The molecule has 154 valence electrons. The fraction of sp³-hybridized carbons (Fsp3) is 0.818. The highest BCUT2D eigenvalue weighted by Crippen LogP contribution is 2.59. The number of carbonyl (C=O) groups excluding carboxylic acids is 1. The van der Waals surface area contributed by atoms with E-state index in [0.717, 1.165) is 68.5 Å². The van der Waals surface area contributed by atoms with Crippen molar-refractivity contribution in [1.29, 1.82) is 0 Å². The van der Waals surface area contributed by atoms with E-state index in [9.17, 15) is 4.79 Å². The third-order valence-corrected chi connectivity index (χ3v) is 7.72. The first-order valence-electron chi connectivity index (χ1n) is 11.2. The zero-order chi connectivity index (χ0) is 19.1. The normalized spacial score (nSPS) is 35.4. The van der Waals surface area contributed by atoms with Crippen LogP contribution >= 0.6 is 0 Å². The van der Waals surface area contributed by atoms with Crippen molar-refractivity contribution in [3.63, 3.8) is 0 Å². The van der Waals surface area contributed by atoms with E-state index in [1.807, 2.05) is 13.0 Å². The number of aryl methyl sites for hydroxylation is 1. The van der Waals surface area contributed by atoms with Gasteiger partial charge in [0.25, 0.3) is 0 Å². The van der Waals surface area contributed by atoms with Gasteiger partial charge in [-0.2, -0.15) is 0 Å². The summed E-state index contributed by atoms with van der Waals surface area (Å²) >= 11 is 0. The lowest BCUT2D eigenvalue weighted by atomic mass is 9.49. The Labute approximate surface area is 168 Å². The van der Waals surface area contributed by atoms with Gasteiger partial charge in [0.1, 0.15) is 5.76 Å². The molecule has 28 heavy (non-hydrogen) atoms. The molecule has 1 aromatic rings. The first-order valence-corrected chi connectivity index (χ1v) is 11.2. The summed E-state index contributed by atoms with van der Waals surface area (Å²) in [6, 6.07) is 2.00. The summed E-state index contributed by atoms with van der Waals surface area (Å²) in [6.45, 7) is 8.08. The van der Waals surface area contributed by atoms with Crippen LogP contribution in [0.1, 0.15) is 50.0 Å². The van der Waals surface area contributed by atoms with Gasteiger partial charge in [-0.15, -0.1) is 0 Å². The lowest BCUT2D eigenvalue weighted by Crippen LogP contribution is -2.53. The van der Waals surface area contributed by atoms with Crippen LogP contribution in [-0.2, 0) is 11.3 Å².